The average Bonchev–Trinajstić information content (AvgIpc) is 3.18. The SMILES string of the molecule is CC(C)N(CC1CC1)C(=O)c1ccccc1NN. The van der Waals surface area contributed by atoms with Crippen molar-refractivity contribution in [2.24, 2.45) is 11.8 Å². The highest BCUT2D eigenvalue weighted by Gasteiger charge is 2.29. The minimum absolute atomic E-state index is 0.0606. The first-order chi connectivity index (χ1) is 8.63. The molecule has 3 N–H and O–H groups in total. The molecule has 98 valence electrons. The van der Waals surface area contributed by atoms with Crippen molar-refractivity contribution in [2.45, 2.75) is 32.7 Å². The van der Waals surface area contributed by atoms with Gasteiger partial charge >= 0.3 is 0 Å². The number of nitrogens with two attached hydrogens (primary N) is 1. The highest BCUT2D eigenvalue weighted by atomic mass is 16.2. The van der Waals surface area contributed by atoms with Crippen molar-refractivity contribution in [1.29, 1.82) is 0 Å². The molecule has 0 bridgehead atoms. The maximum absolute atomic E-state index is 12.6. The van der Waals surface area contributed by atoms with Crippen molar-refractivity contribution in [1.82, 2.24) is 4.90 Å². The van der Waals surface area contributed by atoms with Crippen molar-refractivity contribution in [3.05, 3.63) is 29.8 Å². The molecule has 4 heteroatoms. The molecule has 0 aromatic heterocycles. The molecule has 0 spiro atoms. The van der Waals surface area contributed by atoms with Crippen molar-refractivity contribution in [2.75, 3.05) is 12.0 Å². The molecule has 1 aromatic rings. The van der Waals surface area contributed by atoms with E-state index in [1.807, 2.05) is 29.2 Å². The molecule has 0 saturated heterocycles. The smallest absolute Gasteiger partial charge is 0.256 e. The van der Waals surface area contributed by atoms with Crippen LogP contribution in [-0.4, -0.2) is 23.4 Å². The van der Waals surface area contributed by atoms with E-state index in [0.717, 1.165) is 6.54 Å². The number of rotatable bonds is 5. The number of nitrogen functional groups attached to an aromatic ring is 1. The van der Waals surface area contributed by atoms with E-state index in [2.05, 4.69) is 19.3 Å². The molecule has 1 fully saturated rings. The number of anilines is 1. The van der Waals surface area contributed by atoms with Crippen molar-refractivity contribution in [3.63, 3.8) is 0 Å². The molecule has 0 heterocycles. The second kappa shape index (κ2) is 5.40. The Morgan fingerprint density at radius 1 is 1.44 bits per heavy atom. The number of benzene rings is 1. The van der Waals surface area contributed by atoms with Gasteiger partial charge in [0.2, 0.25) is 0 Å². The topological polar surface area (TPSA) is 58.4 Å². The van der Waals surface area contributed by atoms with Crippen LogP contribution in [0.5, 0.6) is 0 Å². The van der Waals surface area contributed by atoms with Gasteiger partial charge in [0, 0.05) is 12.6 Å². The van der Waals surface area contributed by atoms with E-state index < -0.39 is 0 Å². The first-order valence-corrected chi connectivity index (χ1v) is 6.50. The van der Waals surface area contributed by atoms with Gasteiger partial charge in [-0.1, -0.05) is 12.1 Å². The minimum Gasteiger partial charge on any atom is -0.336 e. The molecule has 1 saturated carbocycles. The van der Waals surface area contributed by atoms with Gasteiger partial charge in [0.15, 0.2) is 0 Å². The van der Waals surface area contributed by atoms with E-state index in [-0.39, 0.29) is 11.9 Å². The van der Waals surface area contributed by atoms with E-state index in [1.165, 1.54) is 12.8 Å². The van der Waals surface area contributed by atoms with Gasteiger partial charge in [0.25, 0.3) is 5.91 Å². The zero-order valence-electron chi connectivity index (χ0n) is 11.0. The van der Waals surface area contributed by atoms with Crippen molar-refractivity contribution >= 4 is 11.6 Å². The van der Waals surface area contributed by atoms with E-state index in [4.69, 9.17) is 5.84 Å². The van der Waals surface area contributed by atoms with Gasteiger partial charge in [-0.2, -0.15) is 0 Å². The number of carbonyl (C=O) groups is 1. The van der Waals surface area contributed by atoms with Crippen molar-refractivity contribution in [3.8, 4) is 0 Å². The molecule has 1 aromatic carbocycles. The number of amides is 1. The van der Waals surface area contributed by atoms with Crippen LogP contribution in [0.4, 0.5) is 5.69 Å². The van der Waals surface area contributed by atoms with Crippen LogP contribution in [0, 0.1) is 5.92 Å². The van der Waals surface area contributed by atoms with Crippen LogP contribution in [0.2, 0.25) is 0 Å². The van der Waals surface area contributed by atoms with Crippen LogP contribution in [0.15, 0.2) is 24.3 Å². The fourth-order valence-corrected chi connectivity index (χ4v) is 2.06. The number of carbonyl (C=O) groups excluding carboxylic acids is 1. The summed E-state index contributed by atoms with van der Waals surface area (Å²) in [6.45, 7) is 4.97. The van der Waals surface area contributed by atoms with Gasteiger partial charge in [-0.25, -0.2) is 0 Å². The van der Waals surface area contributed by atoms with Crippen LogP contribution in [0.3, 0.4) is 0 Å². The third-order valence-corrected chi connectivity index (χ3v) is 3.35. The van der Waals surface area contributed by atoms with E-state index >= 15 is 0 Å². The fourth-order valence-electron chi connectivity index (χ4n) is 2.06. The Balaban J connectivity index is 2.20. The molecule has 1 amide bonds. The molecule has 1 aliphatic rings. The predicted octanol–water partition coefficient (Wildman–Crippen LogP) is 2.23. The summed E-state index contributed by atoms with van der Waals surface area (Å²) in [6.07, 6.45) is 2.49. The Kier molecular flexibility index (Phi) is 3.87. The summed E-state index contributed by atoms with van der Waals surface area (Å²) in [5.41, 5.74) is 3.92. The molecule has 0 radical (unpaired) electrons. The lowest BCUT2D eigenvalue weighted by Crippen LogP contribution is -2.39. The lowest BCUT2D eigenvalue weighted by Gasteiger charge is -2.27. The van der Waals surface area contributed by atoms with E-state index in [1.54, 1.807) is 0 Å². The summed E-state index contributed by atoms with van der Waals surface area (Å²) >= 11 is 0. The van der Waals surface area contributed by atoms with E-state index in [9.17, 15) is 4.79 Å². The lowest BCUT2D eigenvalue weighted by atomic mass is 10.1. The number of hydrogen-bond acceptors (Lipinski definition) is 3. The molecule has 4 nitrogen and oxygen atoms in total. The number of para-hydroxylation sites is 1. The largest absolute Gasteiger partial charge is 0.336 e. The van der Waals surface area contributed by atoms with Crippen LogP contribution in [0.25, 0.3) is 0 Å². The molecule has 0 unspecified atom stereocenters. The van der Waals surface area contributed by atoms with Gasteiger partial charge in [0.1, 0.15) is 0 Å². The Labute approximate surface area is 108 Å². The van der Waals surface area contributed by atoms with Crippen LogP contribution in [-0.2, 0) is 0 Å². The Bertz CT molecular complexity index is 427. The van der Waals surface area contributed by atoms with Gasteiger partial charge in [-0.3, -0.25) is 10.6 Å². The van der Waals surface area contributed by atoms with Crippen LogP contribution < -0.4 is 11.3 Å². The summed E-state index contributed by atoms with van der Waals surface area (Å²) < 4.78 is 0. The zero-order valence-corrected chi connectivity index (χ0v) is 11.0. The van der Waals surface area contributed by atoms with Gasteiger partial charge in [-0.05, 0) is 44.7 Å². The van der Waals surface area contributed by atoms with Crippen LogP contribution >= 0.6 is 0 Å². The first kappa shape index (κ1) is 12.9. The summed E-state index contributed by atoms with van der Waals surface area (Å²) in [6, 6.07) is 7.59. The fraction of sp³-hybridized carbons (Fsp3) is 0.500. The highest BCUT2D eigenvalue weighted by molar-refractivity contribution is 5.99. The second-order valence-electron chi connectivity index (χ2n) is 5.18. The van der Waals surface area contributed by atoms with Gasteiger partial charge in [0.05, 0.1) is 11.3 Å². The molecular formula is C14H21N3O. The number of hydrogen-bond donors (Lipinski definition) is 2. The molecule has 1 aliphatic carbocycles. The highest BCUT2D eigenvalue weighted by Crippen LogP contribution is 2.31. The molecule has 18 heavy (non-hydrogen) atoms. The zero-order chi connectivity index (χ0) is 13.1. The summed E-state index contributed by atoms with van der Waals surface area (Å²) in [5, 5.41) is 0. The minimum atomic E-state index is 0.0606. The molecule has 2 rings (SSSR count). The summed E-state index contributed by atoms with van der Waals surface area (Å²) in [5.74, 6) is 6.21. The number of nitrogens with one attached hydrogen (secondary N) is 1. The summed E-state index contributed by atoms with van der Waals surface area (Å²) in [7, 11) is 0. The summed E-state index contributed by atoms with van der Waals surface area (Å²) in [4.78, 5) is 14.5. The number of nitrogens with zero attached hydrogens (tertiary/aromatic N) is 1. The lowest BCUT2D eigenvalue weighted by molar-refractivity contribution is 0.0697. The Hall–Kier alpha value is -1.55. The Morgan fingerprint density at radius 3 is 2.67 bits per heavy atom. The van der Waals surface area contributed by atoms with E-state index in [0.29, 0.717) is 17.2 Å². The average molecular weight is 247 g/mol. The Morgan fingerprint density at radius 2 is 2.11 bits per heavy atom. The molecular weight excluding hydrogens is 226 g/mol. The van der Waals surface area contributed by atoms with Gasteiger partial charge in [-0.15, -0.1) is 0 Å². The normalized spacial score (nSPS) is 14.7. The second-order valence-corrected chi connectivity index (χ2v) is 5.18. The maximum atomic E-state index is 12.6. The molecule has 0 aliphatic heterocycles. The monoisotopic (exact) mass is 247 g/mol. The number of hydrazine groups is 1. The third-order valence-electron chi connectivity index (χ3n) is 3.35. The molecule has 0 atom stereocenters. The quantitative estimate of drug-likeness (QED) is 0.619. The van der Waals surface area contributed by atoms with Gasteiger partial charge < -0.3 is 10.3 Å². The van der Waals surface area contributed by atoms with Crippen molar-refractivity contribution < 1.29 is 4.79 Å². The maximum Gasteiger partial charge on any atom is 0.256 e. The third kappa shape index (κ3) is 2.82. The standard InChI is InChI=1S/C14H21N3O/c1-10(2)17(9-11-7-8-11)14(18)12-5-3-4-6-13(12)16-15/h3-6,10-11,16H,7-9,15H2,1-2H3. The predicted molar refractivity (Wildman–Crippen MR) is 73.1 cm³/mol. The first-order valence-electron chi connectivity index (χ1n) is 6.50. The van der Waals surface area contributed by atoms with Crippen LogP contribution in [0.1, 0.15) is 37.0 Å².